The molecule has 1 amide bonds. The number of rotatable bonds is 5. The summed E-state index contributed by atoms with van der Waals surface area (Å²) in [6.07, 6.45) is 2.08. The van der Waals surface area contributed by atoms with Gasteiger partial charge in [-0.1, -0.05) is 11.6 Å². The molecular weight excluding hydrogens is 282 g/mol. The molecule has 0 saturated carbocycles. The number of carbonyl (C=O) groups is 1. The second-order valence-electron chi connectivity index (χ2n) is 4.52. The van der Waals surface area contributed by atoms with Gasteiger partial charge in [-0.2, -0.15) is 11.8 Å². The van der Waals surface area contributed by atoms with E-state index in [4.69, 9.17) is 11.6 Å². The summed E-state index contributed by atoms with van der Waals surface area (Å²) in [5, 5.41) is 6.56. The molecule has 2 rings (SSSR count). The lowest BCUT2D eigenvalue weighted by molar-refractivity contribution is -0.117. The van der Waals surface area contributed by atoms with Crippen LogP contribution in [-0.4, -0.2) is 38.6 Å². The number of hydrogen-bond donors (Lipinski definition) is 2. The molecule has 1 aromatic carbocycles. The van der Waals surface area contributed by atoms with Crippen molar-refractivity contribution in [2.24, 2.45) is 0 Å². The zero-order valence-electron chi connectivity index (χ0n) is 11.3. The van der Waals surface area contributed by atoms with Crippen LogP contribution in [0.15, 0.2) is 12.1 Å². The molecule has 0 fully saturated rings. The predicted octanol–water partition coefficient (Wildman–Crippen LogP) is 2.35. The van der Waals surface area contributed by atoms with Crippen LogP contribution in [0.1, 0.15) is 11.6 Å². The number of amides is 1. The Labute approximate surface area is 122 Å². The van der Waals surface area contributed by atoms with Crippen molar-refractivity contribution in [3.05, 3.63) is 22.7 Å². The Morgan fingerprint density at radius 1 is 1.53 bits per heavy atom. The van der Waals surface area contributed by atoms with E-state index < -0.39 is 0 Å². The second-order valence-corrected chi connectivity index (χ2v) is 5.91. The summed E-state index contributed by atoms with van der Waals surface area (Å²) in [5.41, 5.74) is 2.71. The third kappa shape index (κ3) is 2.83. The SMILES string of the molecule is CNC1C(=O)Nc2cc(N(C)CCSC)c(Cl)cc21. The van der Waals surface area contributed by atoms with Crippen LogP contribution in [0.3, 0.4) is 0 Å². The van der Waals surface area contributed by atoms with Crippen LogP contribution in [-0.2, 0) is 4.79 Å². The van der Waals surface area contributed by atoms with Gasteiger partial charge in [-0.25, -0.2) is 0 Å². The van der Waals surface area contributed by atoms with Crippen molar-refractivity contribution < 1.29 is 4.79 Å². The average molecular weight is 300 g/mol. The Kier molecular flexibility index (Phi) is 4.60. The number of hydrogen-bond acceptors (Lipinski definition) is 4. The van der Waals surface area contributed by atoms with E-state index in [1.807, 2.05) is 19.2 Å². The highest BCUT2D eigenvalue weighted by molar-refractivity contribution is 7.98. The quantitative estimate of drug-likeness (QED) is 0.876. The second kappa shape index (κ2) is 6.03. The van der Waals surface area contributed by atoms with Crippen molar-refractivity contribution >= 4 is 40.6 Å². The van der Waals surface area contributed by atoms with Gasteiger partial charge in [0.05, 0.1) is 10.7 Å². The van der Waals surface area contributed by atoms with E-state index in [-0.39, 0.29) is 11.9 Å². The first kappa shape index (κ1) is 14.5. The summed E-state index contributed by atoms with van der Waals surface area (Å²) in [7, 11) is 3.78. The zero-order valence-corrected chi connectivity index (χ0v) is 12.9. The van der Waals surface area contributed by atoms with Crippen molar-refractivity contribution in [3.63, 3.8) is 0 Å². The summed E-state index contributed by atoms with van der Waals surface area (Å²) in [6, 6.07) is 3.52. The number of fused-ring (bicyclic) bond motifs is 1. The number of halogens is 1. The van der Waals surface area contributed by atoms with Crippen LogP contribution < -0.4 is 15.5 Å². The van der Waals surface area contributed by atoms with E-state index in [2.05, 4.69) is 21.8 Å². The molecule has 0 bridgehead atoms. The maximum absolute atomic E-state index is 11.8. The summed E-state index contributed by atoms with van der Waals surface area (Å²) >= 11 is 8.13. The molecular formula is C13H18ClN3OS. The lowest BCUT2D eigenvalue weighted by atomic mass is 10.1. The van der Waals surface area contributed by atoms with Crippen LogP contribution in [0.4, 0.5) is 11.4 Å². The molecule has 0 aliphatic carbocycles. The van der Waals surface area contributed by atoms with Crippen molar-refractivity contribution in [3.8, 4) is 0 Å². The van der Waals surface area contributed by atoms with Crippen LogP contribution in [0, 0.1) is 0 Å². The van der Waals surface area contributed by atoms with E-state index in [1.165, 1.54) is 0 Å². The van der Waals surface area contributed by atoms with Gasteiger partial charge in [-0.3, -0.25) is 4.79 Å². The standard InChI is InChI=1S/C13H18ClN3OS/c1-15-12-8-6-9(14)11(17(2)4-5-19-3)7-10(8)16-13(12)18/h6-7,12,15H,4-5H2,1-3H3,(H,16,18). The summed E-state index contributed by atoms with van der Waals surface area (Å²) < 4.78 is 0. The lowest BCUT2D eigenvalue weighted by Crippen LogP contribution is -2.23. The highest BCUT2D eigenvalue weighted by atomic mass is 35.5. The third-order valence-corrected chi connectivity index (χ3v) is 4.17. The highest BCUT2D eigenvalue weighted by Gasteiger charge is 2.30. The average Bonchev–Trinajstić information content (AvgIpc) is 2.69. The minimum atomic E-state index is -0.307. The summed E-state index contributed by atoms with van der Waals surface area (Å²) in [6.45, 7) is 0.920. The number of thioether (sulfide) groups is 1. The fraction of sp³-hybridized carbons (Fsp3) is 0.462. The van der Waals surface area contributed by atoms with Crippen molar-refractivity contribution in [2.45, 2.75) is 6.04 Å². The van der Waals surface area contributed by atoms with Gasteiger partial charge in [-0.05, 0) is 25.4 Å². The fourth-order valence-corrected chi connectivity index (χ4v) is 2.97. The molecule has 1 atom stereocenters. The van der Waals surface area contributed by atoms with Gasteiger partial charge in [0.25, 0.3) is 0 Å². The number of likely N-dealkylation sites (N-methyl/N-ethyl adjacent to an activating group) is 1. The Balaban J connectivity index is 2.30. The van der Waals surface area contributed by atoms with Crippen LogP contribution in [0.25, 0.3) is 0 Å². The molecule has 0 saturated heterocycles. The van der Waals surface area contributed by atoms with Crippen molar-refractivity contribution in [1.82, 2.24) is 5.32 Å². The number of nitrogens with one attached hydrogen (secondary N) is 2. The number of carbonyl (C=O) groups excluding carboxylic acids is 1. The zero-order chi connectivity index (χ0) is 14.0. The fourth-order valence-electron chi connectivity index (χ4n) is 2.20. The van der Waals surface area contributed by atoms with E-state index in [0.717, 1.165) is 29.2 Å². The Morgan fingerprint density at radius 3 is 2.89 bits per heavy atom. The van der Waals surface area contributed by atoms with Crippen LogP contribution in [0.2, 0.25) is 5.02 Å². The molecule has 2 N–H and O–H groups in total. The maximum atomic E-state index is 11.8. The Hall–Kier alpha value is -0.910. The molecule has 19 heavy (non-hydrogen) atoms. The monoisotopic (exact) mass is 299 g/mol. The first-order chi connectivity index (χ1) is 9.08. The summed E-state index contributed by atoms with van der Waals surface area (Å²) in [5.74, 6) is 1.01. The Bertz CT molecular complexity index is 495. The molecule has 4 nitrogen and oxygen atoms in total. The molecule has 6 heteroatoms. The van der Waals surface area contributed by atoms with Crippen molar-refractivity contribution in [2.75, 3.05) is 42.9 Å². The normalized spacial score (nSPS) is 17.3. The number of benzene rings is 1. The third-order valence-electron chi connectivity index (χ3n) is 3.28. The van der Waals surface area contributed by atoms with Crippen molar-refractivity contribution in [1.29, 1.82) is 0 Å². The van der Waals surface area contributed by atoms with E-state index >= 15 is 0 Å². The first-order valence-electron chi connectivity index (χ1n) is 6.10. The van der Waals surface area contributed by atoms with Crippen LogP contribution >= 0.6 is 23.4 Å². The smallest absolute Gasteiger partial charge is 0.246 e. The predicted molar refractivity (Wildman–Crippen MR) is 83.5 cm³/mol. The van der Waals surface area contributed by atoms with E-state index in [9.17, 15) is 4.79 Å². The van der Waals surface area contributed by atoms with Gasteiger partial charge < -0.3 is 15.5 Å². The molecule has 1 aromatic rings. The molecule has 1 aliphatic heterocycles. The lowest BCUT2D eigenvalue weighted by Gasteiger charge is -2.21. The highest BCUT2D eigenvalue weighted by Crippen LogP contribution is 2.38. The maximum Gasteiger partial charge on any atom is 0.246 e. The summed E-state index contributed by atoms with van der Waals surface area (Å²) in [4.78, 5) is 13.9. The molecule has 0 radical (unpaired) electrons. The molecule has 1 unspecified atom stereocenters. The number of nitrogens with zero attached hydrogens (tertiary/aromatic N) is 1. The van der Waals surface area contributed by atoms with Crippen LogP contribution in [0.5, 0.6) is 0 Å². The van der Waals surface area contributed by atoms with Gasteiger partial charge >= 0.3 is 0 Å². The molecule has 104 valence electrons. The van der Waals surface area contributed by atoms with Gasteiger partial charge in [0.2, 0.25) is 5.91 Å². The molecule has 1 aliphatic rings. The van der Waals surface area contributed by atoms with Gasteiger partial charge in [-0.15, -0.1) is 0 Å². The largest absolute Gasteiger partial charge is 0.373 e. The first-order valence-corrected chi connectivity index (χ1v) is 7.87. The van der Waals surface area contributed by atoms with Gasteiger partial charge in [0.15, 0.2) is 0 Å². The van der Waals surface area contributed by atoms with E-state index in [0.29, 0.717) is 5.02 Å². The number of anilines is 2. The van der Waals surface area contributed by atoms with E-state index in [1.54, 1.807) is 18.8 Å². The molecule has 1 heterocycles. The van der Waals surface area contributed by atoms with Gasteiger partial charge in [0, 0.05) is 30.6 Å². The topological polar surface area (TPSA) is 44.4 Å². The van der Waals surface area contributed by atoms with Gasteiger partial charge in [0.1, 0.15) is 6.04 Å². The minimum absolute atomic E-state index is 0.0301. The minimum Gasteiger partial charge on any atom is -0.373 e. The molecule has 0 aromatic heterocycles. The molecule has 0 spiro atoms. The Morgan fingerprint density at radius 2 is 2.26 bits per heavy atom.